The normalized spacial score (nSPS) is 11.4. The van der Waals surface area contributed by atoms with Gasteiger partial charge in [-0.25, -0.2) is 9.97 Å². The van der Waals surface area contributed by atoms with Gasteiger partial charge in [-0.05, 0) is 73.5 Å². The number of thioether (sulfide) groups is 1. The SMILES string of the molecule is COc1ccc(NC(=O)C(c2ccc(OC)cc2)N(Cc2ccccc2Cl)C(=O)CSc2nc(C)cc(C)n2)cc1. The van der Waals surface area contributed by atoms with E-state index >= 15 is 0 Å². The van der Waals surface area contributed by atoms with Crippen molar-refractivity contribution in [3.8, 4) is 11.5 Å². The Bertz CT molecular complexity index is 1480. The number of nitrogens with one attached hydrogen (secondary N) is 1. The van der Waals surface area contributed by atoms with Gasteiger partial charge in [-0.1, -0.05) is 53.7 Å². The highest BCUT2D eigenvalue weighted by molar-refractivity contribution is 7.99. The third-order valence-electron chi connectivity index (χ3n) is 6.25. The van der Waals surface area contributed by atoms with Crippen molar-refractivity contribution in [2.45, 2.75) is 31.6 Å². The maximum atomic E-state index is 14.0. The second kappa shape index (κ2) is 14.0. The first-order valence-electron chi connectivity index (χ1n) is 12.8. The summed E-state index contributed by atoms with van der Waals surface area (Å²) in [5.74, 6) is 0.665. The van der Waals surface area contributed by atoms with Crippen LogP contribution in [0, 0.1) is 13.8 Å². The molecule has 0 saturated heterocycles. The average molecular weight is 591 g/mol. The zero-order valence-corrected chi connectivity index (χ0v) is 24.8. The summed E-state index contributed by atoms with van der Waals surface area (Å²) >= 11 is 7.74. The standard InChI is InChI=1S/C31H31ClN4O4S/c1-20-17-21(2)34-31(33-20)41-19-28(37)36(18-23-7-5-6-8-27(23)32)29(22-9-13-25(39-3)14-10-22)30(38)35-24-11-15-26(40-4)16-12-24/h5-17,29H,18-19H2,1-4H3,(H,35,38). The van der Waals surface area contributed by atoms with E-state index in [9.17, 15) is 9.59 Å². The first-order chi connectivity index (χ1) is 19.8. The molecule has 212 valence electrons. The topological polar surface area (TPSA) is 93.7 Å². The minimum atomic E-state index is -0.979. The van der Waals surface area contributed by atoms with Crippen molar-refractivity contribution in [2.75, 3.05) is 25.3 Å². The fraction of sp³-hybridized carbons (Fsp3) is 0.226. The minimum absolute atomic E-state index is 0.0236. The van der Waals surface area contributed by atoms with Gasteiger partial charge in [0.25, 0.3) is 5.91 Å². The summed E-state index contributed by atoms with van der Waals surface area (Å²) in [5, 5.41) is 3.96. The van der Waals surface area contributed by atoms with Crippen molar-refractivity contribution in [3.63, 3.8) is 0 Å². The molecule has 0 aliphatic heterocycles. The highest BCUT2D eigenvalue weighted by Crippen LogP contribution is 2.30. The van der Waals surface area contributed by atoms with E-state index in [1.807, 2.05) is 38.1 Å². The summed E-state index contributed by atoms with van der Waals surface area (Å²) in [6.07, 6.45) is 0. The predicted molar refractivity (Wildman–Crippen MR) is 162 cm³/mol. The number of anilines is 1. The van der Waals surface area contributed by atoms with E-state index in [1.54, 1.807) is 68.8 Å². The number of hydrogen-bond acceptors (Lipinski definition) is 7. The first-order valence-corrected chi connectivity index (χ1v) is 14.2. The predicted octanol–water partition coefficient (Wildman–Crippen LogP) is 6.26. The molecule has 4 aromatic rings. The molecule has 1 N–H and O–H groups in total. The first kappa shape index (κ1) is 29.9. The van der Waals surface area contributed by atoms with E-state index in [0.717, 1.165) is 11.4 Å². The number of aryl methyl sites for hydroxylation is 2. The van der Waals surface area contributed by atoms with E-state index in [4.69, 9.17) is 21.1 Å². The van der Waals surface area contributed by atoms with Crippen LogP contribution in [-0.2, 0) is 16.1 Å². The molecule has 0 aliphatic carbocycles. The smallest absolute Gasteiger partial charge is 0.251 e. The molecule has 0 spiro atoms. The molecule has 0 bridgehead atoms. The lowest BCUT2D eigenvalue weighted by Gasteiger charge is -2.32. The molecule has 4 rings (SSSR count). The monoisotopic (exact) mass is 590 g/mol. The van der Waals surface area contributed by atoms with Crippen LogP contribution in [0.25, 0.3) is 0 Å². The van der Waals surface area contributed by atoms with Gasteiger partial charge >= 0.3 is 0 Å². The number of carbonyl (C=O) groups excluding carboxylic acids is 2. The lowest BCUT2D eigenvalue weighted by molar-refractivity contribution is -0.137. The van der Waals surface area contributed by atoms with Crippen molar-refractivity contribution in [1.82, 2.24) is 14.9 Å². The van der Waals surface area contributed by atoms with Crippen molar-refractivity contribution in [2.24, 2.45) is 0 Å². The molecule has 1 unspecified atom stereocenters. The van der Waals surface area contributed by atoms with E-state index in [2.05, 4.69) is 15.3 Å². The summed E-state index contributed by atoms with van der Waals surface area (Å²) < 4.78 is 10.6. The molecule has 3 aromatic carbocycles. The number of hydrogen-bond donors (Lipinski definition) is 1. The highest BCUT2D eigenvalue weighted by Gasteiger charge is 2.32. The quantitative estimate of drug-likeness (QED) is 0.163. The number of halogens is 1. The molecule has 1 atom stereocenters. The fourth-order valence-electron chi connectivity index (χ4n) is 4.24. The summed E-state index contributed by atoms with van der Waals surface area (Å²) in [7, 11) is 3.15. The fourth-order valence-corrected chi connectivity index (χ4v) is 5.28. The number of methoxy groups -OCH3 is 2. The van der Waals surface area contributed by atoms with Crippen LogP contribution in [0.5, 0.6) is 11.5 Å². The highest BCUT2D eigenvalue weighted by atomic mass is 35.5. The minimum Gasteiger partial charge on any atom is -0.497 e. The second-order valence-electron chi connectivity index (χ2n) is 9.23. The number of carbonyl (C=O) groups is 2. The van der Waals surface area contributed by atoms with Crippen molar-refractivity contribution < 1.29 is 19.1 Å². The van der Waals surface area contributed by atoms with Crippen LogP contribution in [0.4, 0.5) is 5.69 Å². The molecule has 0 saturated carbocycles. The molecule has 10 heteroatoms. The van der Waals surface area contributed by atoms with Crippen LogP contribution in [-0.4, -0.2) is 46.7 Å². The largest absolute Gasteiger partial charge is 0.497 e. The van der Waals surface area contributed by atoms with Crippen molar-refractivity contribution in [1.29, 1.82) is 0 Å². The van der Waals surface area contributed by atoms with Crippen LogP contribution in [0.15, 0.2) is 84.0 Å². The van der Waals surface area contributed by atoms with Crippen LogP contribution in [0.2, 0.25) is 5.02 Å². The second-order valence-corrected chi connectivity index (χ2v) is 10.6. The lowest BCUT2D eigenvalue weighted by atomic mass is 10.0. The molecule has 0 aliphatic rings. The molecule has 1 heterocycles. The maximum Gasteiger partial charge on any atom is 0.251 e. The van der Waals surface area contributed by atoms with Gasteiger partial charge in [0.15, 0.2) is 5.16 Å². The number of amides is 2. The van der Waals surface area contributed by atoms with Crippen LogP contribution in [0.3, 0.4) is 0 Å². The van der Waals surface area contributed by atoms with Gasteiger partial charge < -0.3 is 19.7 Å². The Balaban J connectivity index is 1.71. The Morgan fingerprint density at radius 3 is 2.07 bits per heavy atom. The molecule has 41 heavy (non-hydrogen) atoms. The molecule has 2 amide bonds. The number of nitrogens with zero attached hydrogens (tertiary/aromatic N) is 3. The van der Waals surface area contributed by atoms with E-state index < -0.39 is 6.04 Å². The Hall–Kier alpha value is -4.08. The summed E-state index contributed by atoms with van der Waals surface area (Å²) in [6.45, 7) is 3.88. The number of rotatable bonds is 11. The van der Waals surface area contributed by atoms with E-state index in [1.165, 1.54) is 16.7 Å². The Kier molecular flexibility index (Phi) is 10.2. The van der Waals surface area contributed by atoms with Gasteiger partial charge in [-0.3, -0.25) is 9.59 Å². The van der Waals surface area contributed by atoms with Crippen LogP contribution in [0.1, 0.15) is 28.6 Å². The zero-order valence-electron chi connectivity index (χ0n) is 23.3. The Labute approximate surface area is 249 Å². The van der Waals surface area contributed by atoms with Gasteiger partial charge in [0.05, 0.1) is 20.0 Å². The van der Waals surface area contributed by atoms with E-state index in [-0.39, 0.29) is 24.1 Å². The van der Waals surface area contributed by atoms with Gasteiger partial charge in [-0.2, -0.15) is 0 Å². The van der Waals surface area contributed by atoms with Gasteiger partial charge in [0.2, 0.25) is 5.91 Å². The third-order valence-corrected chi connectivity index (χ3v) is 7.46. The lowest BCUT2D eigenvalue weighted by Crippen LogP contribution is -2.42. The van der Waals surface area contributed by atoms with Gasteiger partial charge in [0.1, 0.15) is 17.5 Å². The summed E-state index contributed by atoms with van der Waals surface area (Å²) in [4.78, 5) is 38.4. The maximum absolute atomic E-state index is 14.0. The van der Waals surface area contributed by atoms with Gasteiger partial charge in [-0.15, -0.1) is 0 Å². The van der Waals surface area contributed by atoms with Crippen LogP contribution >= 0.6 is 23.4 Å². The Morgan fingerprint density at radius 1 is 0.902 bits per heavy atom. The number of aromatic nitrogens is 2. The van der Waals surface area contributed by atoms with Crippen molar-refractivity contribution in [3.05, 3.63) is 106 Å². The van der Waals surface area contributed by atoms with Gasteiger partial charge in [0, 0.05) is 28.6 Å². The van der Waals surface area contributed by atoms with E-state index in [0.29, 0.717) is 38.5 Å². The molecular weight excluding hydrogens is 560 g/mol. The molecular formula is C31H31ClN4O4S. The van der Waals surface area contributed by atoms with Crippen molar-refractivity contribution >= 4 is 40.9 Å². The number of benzene rings is 3. The Morgan fingerprint density at radius 2 is 1.49 bits per heavy atom. The molecule has 0 fully saturated rings. The molecule has 1 aromatic heterocycles. The summed E-state index contributed by atoms with van der Waals surface area (Å²) in [6, 6.07) is 22.3. The molecule has 8 nitrogen and oxygen atoms in total. The van der Waals surface area contributed by atoms with Crippen LogP contribution < -0.4 is 14.8 Å². The molecule has 0 radical (unpaired) electrons. The third kappa shape index (κ3) is 7.99. The zero-order chi connectivity index (χ0) is 29.4. The number of ether oxygens (including phenoxy) is 2. The summed E-state index contributed by atoms with van der Waals surface area (Å²) in [5.41, 5.74) is 3.53. The average Bonchev–Trinajstić information content (AvgIpc) is 2.97.